The summed E-state index contributed by atoms with van der Waals surface area (Å²) in [5.74, 6) is 1.77. The van der Waals surface area contributed by atoms with Gasteiger partial charge in [-0.3, -0.25) is 9.59 Å². The number of carbonyl (C=O) groups is 2. The molecule has 0 saturated carbocycles. The van der Waals surface area contributed by atoms with Crippen LogP contribution in [0.3, 0.4) is 0 Å². The third-order valence-electron chi connectivity index (χ3n) is 4.85. The zero-order valence-electron chi connectivity index (χ0n) is 19.5. The number of aryl methyl sites for hydroxylation is 2. The SMILES string of the molecule is CCOc1ccc(Oc2ccc(NC(=O)CCc3c(C)nc(SCC(N)=O)nc3C)cc2)cc1. The molecule has 0 atom stereocenters. The van der Waals surface area contributed by atoms with Crippen LogP contribution in [0.2, 0.25) is 0 Å². The van der Waals surface area contributed by atoms with Gasteiger partial charge in [-0.2, -0.15) is 0 Å². The molecule has 34 heavy (non-hydrogen) atoms. The van der Waals surface area contributed by atoms with Crippen LogP contribution in [0.4, 0.5) is 5.69 Å². The van der Waals surface area contributed by atoms with Crippen molar-refractivity contribution in [2.75, 3.05) is 17.7 Å². The number of rotatable bonds is 11. The van der Waals surface area contributed by atoms with Gasteiger partial charge in [0.05, 0.1) is 12.4 Å². The van der Waals surface area contributed by atoms with Crippen LogP contribution < -0.4 is 20.5 Å². The van der Waals surface area contributed by atoms with E-state index in [-0.39, 0.29) is 11.7 Å². The molecular weight excluding hydrogens is 452 g/mol. The first-order chi connectivity index (χ1) is 16.3. The second kappa shape index (κ2) is 12.0. The van der Waals surface area contributed by atoms with E-state index in [1.165, 1.54) is 11.8 Å². The summed E-state index contributed by atoms with van der Waals surface area (Å²) in [4.78, 5) is 32.3. The predicted molar refractivity (Wildman–Crippen MR) is 133 cm³/mol. The lowest BCUT2D eigenvalue weighted by Crippen LogP contribution is -2.15. The van der Waals surface area contributed by atoms with E-state index in [0.717, 1.165) is 22.7 Å². The number of nitrogens with one attached hydrogen (secondary N) is 1. The van der Waals surface area contributed by atoms with Crippen LogP contribution in [-0.4, -0.2) is 34.1 Å². The number of ether oxygens (including phenoxy) is 2. The number of anilines is 1. The molecule has 0 radical (unpaired) electrons. The average Bonchev–Trinajstić information content (AvgIpc) is 2.80. The standard InChI is InChI=1S/C25H28N4O4S/c1-4-32-19-9-11-21(12-10-19)33-20-7-5-18(6-8-20)29-24(31)14-13-22-16(2)27-25(28-17(22)3)34-15-23(26)30/h5-12H,4,13-15H2,1-3H3,(H2,26,30)(H,29,31). The lowest BCUT2D eigenvalue weighted by Gasteiger charge is -2.11. The summed E-state index contributed by atoms with van der Waals surface area (Å²) in [5.41, 5.74) is 8.38. The highest BCUT2D eigenvalue weighted by Gasteiger charge is 2.12. The number of hydrogen-bond donors (Lipinski definition) is 2. The Balaban J connectivity index is 1.51. The van der Waals surface area contributed by atoms with Gasteiger partial charge in [0, 0.05) is 23.5 Å². The topological polar surface area (TPSA) is 116 Å². The Morgan fingerprint density at radius 2 is 1.50 bits per heavy atom. The van der Waals surface area contributed by atoms with Gasteiger partial charge < -0.3 is 20.5 Å². The minimum Gasteiger partial charge on any atom is -0.494 e. The number of carbonyl (C=O) groups excluding carboxylic acids is 2. The number of amides is 2. The molecule has 1 heterocycles. The Morgan fingerprint density at radius 1 is 0.941 bits per heavy atom. The van der Waals surface area contributed by atoms with E-state index in [1.54, 1.807) is 24.3 Å². The number of nitrogens with zero attached hydrogens (tertiary/aromatic N) is 2. The van der Waals surface area contributed by atoms with Crippen molar-refractivity contribution in [1.29, 1.82) is 0 Å². The number of primary amides is 1. The number of thioether (sulfide) groups is 1. The minimum atomic E-state index is -0.416. The maximum atomic E-state index is 12.5. The minimum absolute atomic E-state index is 0.105. The quantitative estimate of drug-likeness (QED) is 0.308. The molecule has 3 rings (SSSR count). The third kappa shape index (κ3) is 7.48. The molecule has 0 aliphatic carbocycles. The molecule has 0 bridgehead atoms. The monoisotopic (exact) mass is 480 g/mol. The fourth-order valence-electron chi connectivity index (χ4n) is 3.25. The van der Waals surface area contributed by atoms with Gasteiger partial charge in [-0.25, -0.2) is 9.97 Å². The van der Waals surface area contributed by atoms with Gasteiger partial charge >= 0.3 is 0 Å². The number of nitrogens with two attached hydrogens (primary N) is 1. The molecule has 9 heteroatoms. The van der Waals surface area contributed by atoms with Gasteiger partial charge in [0.25, 0.3) is 0 Å². The van der Waals surface area contributed by atoms with E-state index < -0.39 is 5.91 Å². The van der Waals surface area contributed by atoms with E-state index in [0.29, 0.717) is 41.8 Å². The summed E-state index contributed by atoms with van der Waals surface area (Å²) in [6.45, 7) is 6.30. The molecule has 0 unspecified atom stereocenters. The molecule has 0 fully saturated rings. The molecule has 3 N–H and O–H groups in total. The summed E-state index contributed by atoms with van der Waals surface area (Å²) < 4.78 is 11.3. The first kappa shape index (κ1) is 25.0. The predicted octanol–water partition coefficient (Wildman–Crippen LogP) is 4.43. The Bertz CT molecular complexity index is 1110. The third-order valence-corrected chi connectivity index (χ3v) is 5.72. The summed E-state index contributed by atoms with van der Waals surface area (Å²) in [5, 5.41) is 3.41. The Morgan fingerprint density at radius 3 is 2.06 bits per heavy atom. The Labute approximate surface area is 203 Å². The molecule has 8 nitrogen and oxygen atoms in total. The summed E-state index contributed by atoms with van der Waals surface area (Å²) in [6, 6.07) is 14.6. The van der Waals surface area contributed by atoms with Gasteiger partial charge in [-0.15, -0.1) is 0 Å². The van der Waals surface area contributed by atoms with Gasteiger partial charge in [-0.05, 0) is 81.3 Å². The highest BCUT2D eigenvalue weighted by molar-refractivity contribution is 7.99. The van der Waals surface area contributed by atoms with Gasteiger partial charge in [0.15, 0.2) is 5.16 Å². The van der Waals surface area contributed by atoms with Crippen LogP contribution in [0.25, 0.3) is 0 Å². The van der Waals surface area contributed by atoms with E-state index in [1.807, 2.05) is 45.0 Å². The van der Waals surface area contributed by atoms with Crippen molar-refractivity contribution < 1.29 is 19.1 Å². The summed E-state index contributed by atoms with van der Waals surface area (Å²) in [7, 11) is 0. The fourth-order valence-corrected chi connectivity index (χ4v) is 3.92. The maximum Gasteiger partial charge on any atom is 0.227 e. The van der Waals surface area contributed by atoms with Gasteiger partial charge in [0.2, 0.25) is 11.8 Å². The van der Waals surface area contributed by atoms with Crippen LogP contribution in [0.15, 0.2) is 53.7 Å². The number of benzene rings is 2. The molecular formula is C25H28N4O4S. The molecule has 2 aromatic carbocycles. The molecule has 0 saturated heterocycles. The van der Waals surface area contributed by atoms with E-state index >= 15 is 0 Å². The number of aromatic nitrogens is 2. The second-order valence-corrected chi connectivity index (χ2v) is 8.43. The van der Waals surface area contributed by atoms with Crippen molar-refractivity contribution in [3.05, 3.63) is 65.5 Å². The normalized spacial score (nSPS) is 10.6. The highest BCUT2D eigenvalue weighted by atomic mass is 32.2. The zero-order valence-corrected chi connectivity index (χ0v) is 20.3. The Kier molecular flexibility index (Phi) is 8.86. The largest absolute Gasteiger partial charge is 0.494 e. The first-order valence-electron chi connectivity index (χ1n) is 10.9. The maximum absolute atomic E-state index is 12.5. The van der Waals surface area contributed by atoms with Crippen molar-refractivity contribution in [3.8, 4) is 17.2 Å². The van der Waals surface area contributed by atoms with E-state index in [2.05, 4.69) is 15.3 Å². The fraction of sp³-hybridized carbons (Fsp3) is 0.280. The van der Waals surface area contributed by atoms with Gasteiger partial charge in [0.1, 0.15) is 17.2 Å². The van der Waals surface area contributed by atoms with Crippen molar-refractivity contribution in [2.45, 2.75) is 38.8 Å². The van der Waals surface area contributed by atoms with Crippen LogP contribution >= 0.6 is 11.8 Å². The van der Waals surface area contributed by atoms with Crippen LogP contribution in [-0.2, 0) is 16.0 Å². The smallest absolute Gasteiger partial charge is 0.227 e. The lowest BCUT2D eigenvalue weighted by molar-refractivity contribution is -0.116. The second-order valence-electron chi connectivity index (χ2n) is 7.49. The average molecular weight is 481 g/mol. The highest BCUT2D eigenvalue weighted by Crippen LogP contribution is 2.25. The van der Waals surface area contributed by atoms with Crippen LogP contribution in [0.5, 0.6) is 17.2 Å². The van der Waals surface area contributed by atoms with Gasteiger partial charge in [-0.1, -0.05) is 11.8 Å². The van der Waals surface area contributed by atoms with Crippen molar-refractivity contribution in [2.24, 2.45) is 5.73 Å². The molecule has 178 valence electrons. The summed E-state index contributed by atoms with van der Waals surface area (Å²) >= 11 is 1.20. The molecule has 3 aromatic rings. The van der Waals surface area contributed by atoms with Crippen molar-refractivity contribution in [3.63, 3.8) is 0 Å². The summed E-state index contributed by atoms with van der Waals surface area (Å²) in [6.07, 6.45) is 0.812. The number of hydrogen-bond acceptors (Lipinski definition) is 7. The van der Waals surface area contributed by atoms with Crippen molar-refractivity contribution in [1.82, 2.24) is 9.97 Å². The van der Waals surface area contributed by atoms with Crippen LogP contribution in [0, 0.1) is 13.8 Å². The van der Waals surface area contributed by atoms with E-state index in [4.69, 9.17) is 15.2 Å². The molecule has 1 aromatic heterocycles. The molecule has 0 aliphatic heterocycles. The first-order valence-corrected chi connectivity index (χ1v) is 11.9. The zero-order chi connectivity index (χ0) is 24.5. The molecule has 0 spiro atoms. The van der Waals surface area contributed by atoms with E-state index in [9.17, 15) is 9.59 Å². The Hall–Kier alpha value is -3.59. The molecule has 0 aliphatic rings. The van der Waals surface area contributed by atoms with Crippen molar-refractivity contribution >= 4 is 29.3 Å². The van der Waals surface area contributed by atoms with Crippen LogP contribution in [0.1, 0.15) is 30.3 Å². The lowest BCUT2D eigenvalue weighted by atomic mass is 10.1. The molecule has 2 amide bonds.